The van der Waals surface area contributed by atoms with E-state index in [9.17, 15) is 14.7 Å². The van der Waals surface area contributed by atoms with Gasteiger partial charge in [0.15, 0.2) is 23.0 Å². The molecule has 3 rings (SSSR count). The normalized spacial score (nSPS) is 16.1. The number of benzene rings is 1. The molecule has 33 heavy (non-hydrogen) atoms. The summed E-state index contributed by atoms with van der Waals surface area (Å²) in [6.45, 7) is 5.41. The molecule has 178 valence electrons. The molecule has 0 radical (unpaired) electrons. The smallest absolute Gasteiger partial charge is 0.290 e. The van der Waals surface area contributed by atoms with Crippen molar-refractivity contribution in [1.82, 2.24) is 9.80 Å². The Bertz CT molecular complexity index is 1040. The number of furan rings is 1. The fraction of sp³-hybridized carbons (Fsp3) is 0.440. The molecular formula is C25H32N2O6. The molecule has 0 spiro atoms. The zero-order valence-corrected chi connectivity index (χ0v) is 19.9. The summed E-state index contributed by atoms with van der Waals surface area (Å²) in [5.41, 5.74) is 0.646. The molecule has 1 aromatic heterocycles. The maximum atomic E-state index is 13.3. The summed E-state index contributed by atoms with van der Waals surface area (Å²) in [4.78, 5) is 29.9. The molecule has 8 heteroatoms. The molecule has 0 saturated carbocycles. The Hall–Kier alpha value is -3.26. The van der Waals surface area contributed by atoms with Crippen LogP contribution in [-0.2, 0) is 4.79 Å². The molecule has 1 N–H and O–H groups in total. The number of aliphatic hydroxyl groups excluding tert-OH is 1. The van der Waals surface area contributed by atoms with E-state index in [1.807, 2.05) is 25.9 Å². The van der Waals surface area contributed by atoms with Gasteiger partial charge < -0.3 is 28.8 Å². The van der Waals surface area contributed by atoms with Crippen molar-refractivity contribution in [3.05, 3.63) is 58.7 Å². The molecule has 0 fully saturated rings. The molecule has 1 aliphatic heterocycles. The third kappa shape index (κ3) is 5.22. The molecule has 1 aromatic carbocycles. The Balaban J connectivity index is 2.04. The van der Waals surface area contributed by atoms with Crippen molar-refractivity contribution in [3.63, 3.8) is 0 Å². The van der Waals surface area contributed by atoms with E-state index < -0.39 is 23.5 Å². The molecule has 0 aliphatic carbocycles. The van der Waals surface area contributed by atoms with Gasteiger partial charge in [-0.25, -0.2) is 0 Å². The van der Waals surface area contributed by atoms with Crippen molar-refractivity contribution in [1.29, 1.82) is 0 Å². The van der Waals surface area contributed by atoms with Crippen LogP contribution in [0.15, 0.2) is 46.1 Å². The summed E-state index contributed by atoms with van der Waals surface area (Å²) in [5, 5.41) is 10.8. The number of ketones is 1. The van der Waals surface area contributed by atoms with Gasteiger partial charge in [0.05, 0.1) is 25.3 Å². The zero-order chi connectivity index (χ0) is 24.1. The number of ether oxygens (including phenoxy) is 2. The van der Waals surface area contributed by atoms with Crippen LogP contribution in [0.2, 0.25) is 0 Å². The minimum absolute atomic E-state index is 0.00322. The molecule has 0 unspecified atom stereocenters. The lowest BCUT2D eigenvalue weighted by Gasteiger charge is -2.27. The molecule has 2 heterocycles. The number of nitrogens with zero attached hydrogens (tertiary/aromatic N) is 2. The predicted molar refractivity (Wildman–Crippen MR) is 124 cm³/mol. The van der Waals surface area contributed by atoms with Gasteiger partial charge in [-0.1, -0.05) is 13.0 Å². The Kier molecular flexibility index (Phi) is 7.81. The monoisotopic (exact) mass is 456 g/mol. The molecule has 0 saturated heterocycles. The highest BCUT2D eigenvalue weighted by atomic mass is 16.5. The van der Waals surface area contributed by atoms with Crippen molar-refractivity contribution >= 4 is 11.7 Å². The number of methoxy groups -OCH3 is 1. The van der Waals surface area contributed by atoms with Crippen LogP contribution in [0.4, 0.5) is 0 Å². The summed E-state index contributed by atoms with van der Waals surface area (Å²) in [7, 11) is 5.44. The quantitative estimate of drug-likeness (QED) is 0.513. The zero-order valence-electron chi connectivity index (χ0n) is 19.9. The third-order valence-corrected chi connectivity index (χ3v) is 5.48. The van der Waals surface area contributed by atoms with Crippen molar-refractivity contribution in [3.8, 4) is 11.5 Å². The third-order valence-electron chi connectivity index (χ3n) is 5.48. The van der Waals surface area contributed by atoms with E-state index in [0.717, 1.165) is 13.0 Å². The first-order valence-corrected chi connectivity index (χ1v) is 11.1. The Morgan fingerprint density at radius 2 is 1.97 bits per heavy atom. The summed E-state index contributed by atoms with van der Waals surface area (Å²) >= 11 is 0. The van der Waals surface area contributed by atoms with E-state index in [2.05, 4.69) is 0 Å². The van der Waals surface area contributed by atoms with E-state index >= 15 is 0 Å². The number of amides is 1. The summed E-state index contributed by atoms with van der Waals surface area (Å²) in [5.74, 6) is 0.0882. The van der Waals surface area contributed by atoms with Crippen molar-refractivity contribution in [2.75, 3.05) is 40.9 Å². The van der Waals surface area contributed by atoms with Gasteiger partial charge in [0.25, 0.3) is 5.91 Å². The second-order valence-corrected chi connectivity index (χ2v) is 8.32. The minimum Gasteiger partial charge on any atom is -0.503 e. The lowest BCUT2D eigenvalue weighted by atomic mass is 9.94. The highest BCUT2D eigenvalue weighted by Crippen LogP contribution is 2.42. The van der Waals surface area contributed by atoms with Crippen LogP contribution in [0, 0.1) is 6.92 Å². The first-order chi connectivity index (χ1) is 15.8. The summed E-state index contributed by atoms with van der Waals surface area (Å²) < 4.78 is 16.8. The average molecular weight is 457 g/mol. The highest BCUT2D eigenvalue weighted by Gasteiger charge is 2.44. The van der Waals surface area contributed by atoms with Crippen molar-refractivity contribution in [2.24, 2.45) is 0 Å². The average Bonchev–Trinajstić information content (AvgIpc) is 3.33. The van der Waals surface area contributed by atoms with Gasteiger partial charge in [0.1, 0.15) is 5.76 Å². The van der Waals surface area contributed by atoms with Gasteiger partial charge in [-0.05, 0) is 70.2 Å². The number of carbonyl (C=O) groups is 2. The number of carbonyl (C=O) groups excluding carboxylic acids is 2. The first kappa shape index (κ1) is 24.4. The van der Waals surface area contributed by atoms with Gasteiger partial charge in [0.2, 0.25) is 5.78 Å². The van der Waals surface area contributed by atoms with Crippen molar-refractivity contribution in [2.45, 2.75) is 32.7 Å². The van der Waals surface area contributed by atoms with Gasteiger partial charge in [-0.3, -0.25) is 9.59 Å². The Labute approximate surface area is 194 Å². The number of Topliss-reactive ketones (excluding diaryl/α,β-unsaturated/α-hetero) is 1. The lowest BCUT2D eigenvalue weighted by molar-refractivity contribution is -0.129. The van der Waals surface area contributed by atoms with E-state index in [1.165, 1.54) is 12.0 Å². The van der Waals surface area contributed by atoms with Gasteiger partial charge in [-0.2, -0.15) is 0 Å². The van der Waals surface area contributed by atoms with E-state index in [-0.39, 0.29) is 11.3 Å². The van der Waals surface area contributed by atoms with Crippen LogP contribution in [0.25, 0.3) is 0 Å². The van der Waals surface area contributed by atoms with Crippen LogP contribution in [0.5, 0.6) is 11.5 Å². The van der Waals surface area contributed by atoms with E-state index in [0.29, 0.717) is 42.4 Å². The van der Waals surface area contributed by atoms with E-state index in [1.54, 1.807) is 37.3 Å². The van der Waals surface area contributed by atoms with Crippen LogP contribution >= 0.6 is 0 Å². The number of aliphatic hydroxyl groups is 1. The maximum absolute atomic E-state index is 13.3. The number of hydrogen-bond acceptors (Lipinski definition) is 7. The fourth-order valence-corrected chi connectivity index (χ4v) is 3.89. The van der Waals surface area contributed by atoms with Crippen LogP contribution in [0.1, 0.15) is 47.7 Å². The van der Waals surface area contributed by atoms with Crippen molar-refractivity contribution < 1.29 is 28.6 Å². The molecule has 2 aromatic rings. The lowest BCUT2D eigenvalue weighted by Crippen LogP contribution is -2.33. The molecule has 1 aliphatic rings. The second kappa shape index (κ2) is 10.6. The number of rotatable bonds is 11. The largest absolute Gasteiger partial charge is 0.503 e. The van der Waals surface area contributed by atoms with Gasteiger partial charge in [-0.15, -0.1) is 0 Å². The Morgan fingerprint density at radius 1 is 1.21 bits per heavy atom. The molecule has 0 bridgehead atoms. The number of aryl methyl sites for hydroxylation is 1. The van der Waals surface area contributed by atoms with E-state index in [4.69, 9.17) is 13.9 Å². The first-order valence-electron chi connectivity index (χ1n) is 11.1. The standard InChI is InChI=1S/C25H32N2O6/c1-6-14-32-18-11-9-17(15-20(18)31-5)22-21(23(28)19-10-8-16(2)33-19)24(29)25(30)27(22)13-7-12-26(3)4/h8-11,15,22,29H,6-7,12-14H2,1-5H3/t22-/m1/s1. The number of hydrogen-bond donors (Lipinski definition) is 1. The molecule has 1 atom stereocenters. The fourth-order valence-electron chi connectivity index (χ4n) is 3.89. The van der Waals surface area contributed by atoms with Crippen LogP contribution < -0.4 is 9.47 Å². The van der Waals surface area contributed by atoms with Crippen LogP contribution in [-0.4, -0.2) is 67.5 Å². The van der Waals surface area contributed by atoms with Gasteiger partial charge in [0, 0.05) is 6.54 Å². The SMILES string of the molecule is CCCOc1ccc([C@@H]2C(C(=O)c3ccc(C)o3)=C(O)C(=O)N2CCCN(C)C)cc1OC. The molecular weight excluding hydrogens is 424 g/mol. The van der Waals surface area contributed by atoms with Gasteiger partial charge >= 0.3 is 0 Å². The Morgan fingerprint density at radius 3 is 2.58 bits per heavy atom. The minimum atomic E-state index is -0.772. The predicted octanol–water partition coefficient (Wildman–Crippen LogP) is 3.92. The summed E-state index contributed by atoms with van der Waals surface area (Å²) in [6, 6.07) is 7.77. The second-order valence-electron chi connectivity index (χ2n) is 8.32. The van der Waals surface area contributed by atoms with Crippen LogP contribution in [0.3, 0.4) is 0 Å². The maximum Gasteiger partial charge on any atom is 0.290 e. The molecule has 1 amide bonds. The highest BCUT2D eigenvalue weighted by molar-refractivity contribution is 6.15. The summed E-state index contributed by atoms with van der Waals surface area (Å²) in [6.07, 6.45) is 1.53. The topological polar surface area (TPSA) is 92.5 Å². The molecule has 8 nitrogen and oxygen atoms in total.